The summed E-state index contributed by atoms with van der Waals surface area (Å²) in [6.45, 7) is 4.02. The number of methoxy groups -OCH3 is 2. The van der Waals surface area contributed by atoms with E-state index in [1.165, 1.54) is 17.3 Å². The summed E-state index contributed by atoms with van der Waals surface area (Å²) in [6.07, 6.45) is 0. The van der Waals surface area contributed by atoms with Gasteiger partial charge >= 0.3 is 0 Å². The minimum atomic E-state index is 0.450. The second-order valence-corrected chi connectivity index (χ2v) is 7.87. The molecule has 8 heteroatoms. The van der Waals surface area contributed by atoms with Crippen LogP contribution < -0.4 is 9.47 Å². The van der Waals surface area contributed by atoms with Crippen molar-refractivity contribution in [3.8, 4) is 34.3 Å². The molecule has 0 fully saturated rings. The number of para-hydroxylation sites is 1. The smallest absolute Gasteiger partial charge is 0.237 e. The molecule has 2 heterocycles. The second kappa shape index (κ2) is 9.18. The third-order valence-corrected chi connectivity index (χ3v) is 5.49. The van der Waals surface area contributed by atoms with Crippen molar-refractivity contribution >= 4 is 11.8 Å². The van der Waals surface area contributed by atoms with Crippen LogP contribution in [0, 0.1) is 13.8 Å². The summed E-state index contributed by atoms with van der Waals surface area (Å²) in [5.41, 5.74) is 3.80. The molecular weight excluding hydrogens is 412 g/mol. The average Bonchev–Trinajstić information content (AvgIpc) is 3.26. The van der Waals surface area contributed by atoms with E-state index in [0.717, 1.165) is 16.3 Å². The molecular formula is C23H22N4O3S. The van der Waals surface area contributed by atoms with Gasteiger partial charge in [0.25, 0.3) is 0 Å². The standard InChI is InChI=1S/C23H22N4O3S/c1-14-8-10-16(11-9-14)22-24-15(2)12-20(26-22)31-13-19-25-23(27-30-19)17-6-5-7-18(28-3)21(17)29-4/h5-12H,13H2,1-4H3. The topological polar surface area (TPSA) is 83.2 Å². The SMILES string of the molecule is COc1cccc(-c2noc(CSc3cc(C)nc(-c4ccc(C)cc4)n3)n2)c1OC. The van der Waals surface area contributed by atoms with E-state index in [4.69, 9.17) is 14.0 Å². The number of benzene rings is 2. The number of rotatable bonds is 7. The Balaban J connectivity index is 1.53. The molecule has 0 radical (unpaired) electrons. The van der Waals surface area contributed by atoms with Crippen molar-refractivity contribution in [1.29, 1.82) is 0 Å². The van der Waals surface area contributed by atoms with E-state index in [1.807, 2.05) is 43.3 Å². The van der Waals surface area contributed by atoms with Gasteiger partial charge in [0.05, 0.1) is 25.5 Å². The first-order valence-corrected chi connectivity index (χ1v) is 10.7. The molecule has 0 aliphatic rings. The Kier molecular flexibility index (Phi) is 6.18. The van der Waals surface area contributed by atoms with Gasteiger partial charge in [-0.15, -0.1) is 0 Å². The summed E-state index contributed by atoms with van der Waals surface area (Å²) < 4.78 is 16.3. The lowest BCUT2D eigenvalue weighted by Gasteiger charge is -2.09. The van der Waals surface area contributed by atoms with Crippen LogP contribution in [0.5, 0.6) is 11.5 Å². The van der Waals surface area contributed by atoms with Crippen molar-refractivity contribution < 1.29 is 14.0 Å². The van der Waals surface area contributed by atoms with Gasteiger partial charge in [0, 0.05) is 11.3 Å². The number of hydrogen-bond acceptors (Lipinski definition) is 8. The molecule has 0 aliphatic heterocycles. The monoisotopic (exact) mass is 434 g/mol. The van der Waals surface area contributed by atoms with Crippen LogP contribution in [0.4, 0.5) is 0 Å². The minimum absolute atomic E-state index is 0.450. The lowest BCUT2D eigenvalue weighted by Crippen LogP contribution is -1.95. The zero-order chi connectivity index (χ0) is 21.8. The van der Waals surface area contributed by atoms with E-state index >= 15 is 0 Å². The van der Waals surface area contributed by atoms with Gasteiger partial charge in [-0.3, -0.25) is 0 Å². The number of aryl methyl sites for hydroxylation is 2. The largest absolute Gasteiger partial charge is 0.493 e. The summed E-state index contributed by atoms with van der Waals surface area (Å²) in [5, 5.41) is 4.95. The van der Waals surface area contributed by atoms with Gasteiger partial charge in [-0.05, 0) is 32.0 Å². The normalized spacial score (nSPS) is 10.8. The Hall–Kier alpha value is -3.39. The van der Waals surface area contributed by atoms with Crippen molar-refractivity contribution in [3.05, 3.63) is 65.7 Å². The highest BCUT2D eigenvalue weighted by molar-refractivity contribution is 7.98. The highest BCUT2D eigenvalue weighted by Gasteiger charge is 2.17. The Morgan fingerprint density at radius 2 is 1.71 bits per heavy atom. The average molecular weight is 435 g/mol. The molecule has 0 spiro atoms. The Morgan fingerprint density at radius 3 is 2.45 bits per heavy atom. The van der Waals surface area contributed by atoms with E-state index in [2.05, 4.69) is 39.2 Å². The summed E-state index contributed by atoms with van der Waals surface area (Å²) >= 11 is 1.52. The van der Waals surface area contributed by atoms with Crippen LogP contribution in [0.25, 0.3) is 22.8 Å². The highest BCUT2D eigenvalue weighted by Crippen LogP contribution is 2.36. The maximum Gasteiger partial charge on any atom is 0.237 e. The first-order chi connectivity index (χ1) is 15.1. The van der Waals surface area contributed by atoms with Crippen molar-refractivity contribution in [3.63, 3.8) is 0 Å². The fourth-order valence-electron chi connectivity index (χ4n) is 3.07. The van der Waals surface area contributed by atoms with E-state index < -0.39 is 0 Å². The first kappa shape index (κ1) is 20.9. The molecule has 4 rings (SSSR count). The molecule has 7 nitrogen and oxygen atoms in total. The van der Waals surface area contributed by atoms with Gasteiger partial charge in [-0.25, -0.2) is 9.97 Å². The fourth-order valence-corrected chi connectivity index (χ4v) is 3.86. The van der Waals surface area contributed by atoms with Crippen LogP contribution in [0.1, 0.15) is 17.1 Å². The number of aromatic nitrogens is 4. The third-order valence-electron chi connectivity index (χ3n) is 4.60. The summed E-state index contributed by atoms with van der Waals surface area (Å²) in [6, 6.07) is 15.7. The molecule has 2 aromatic carbocycles. The van der Waals surface area contributed by atoms with Crippen LogP contribution in [0.3, 0.4) is 0 Å². The Bertz CT molecular complexity index is 1190. The molecule has 0 atom stereocenters. The lowest BCUT2D eigenvalue weighted by atomic mass is 10.1. The molecule has 0 unspecified atom stereocenters. The molecule has 0 aliphatic carbocycles. The minimum Gasteiger partial charge on any atom is -0.493 e. The van der Waals surface area contributed by atoms with E-state index in [0.29, 0.717) is 40.4 Å². The maximum atomic E-state index is 5.47. The van der Waals surface area contributed by atoms with Gasteiger partial charge < -0.3 is 14.0 Å². The third kappa shape index (κ3) is 4.69. The van der Waals surface area contributed by atoms with E-state index in [1.54, 1.807) is 14.2 Å². The lowest BCUT2D eigenvalue weighted by molar-refractivity contribution is 0.355. The van der Waals surface area contributed by atoms with Crippen LogP contribution in [0.2, 0.25) is 0 Å². The quantitative estimate of drug-likeness (QED) is 0.293. The van der Waals surface area contributed by atoms with Crippen LogP contribution in [-0.4, -0.2) is 34.3 Å². The molecule has 0 amide bonds. The molecule has 31 heavy (non-hydrogen) atoms. The predicted octanol–water partition coefficient (Wildman–Crippen LogP) is 5.12. The summed E-state index contributed by atoms with van der Waals surface area (Å²) in [4.78, 5) is 13.8. The molecule has 0 N–H and O–H groups in total. The van der Waals surface area contributed by atoms with E-state index in [-0.39, 0.29) is 0 Å². The molecule has 158 valence electrons. The molecule has 0 saturated carbocycles. The number of thioether (sulfide) groups is 1. The maximum absolute atomic E-state index is 5.47. The van der Waals surface area contributed by atoms with Crippen molar-refractivity contribution in [2.24, 2.45) is 0 Å². The van der Waals surface area contributed by atoms with Crippen LogP contribution in [0.15, 0.2) is 58.1 Å². The summed E-state index contributed by atoms with van der Waals surface area (Å²) in [5.74, 6) is 3.32. The summed E-state index contributed by atoms with van der Waals surface area (Å²) in [7, 11) is 3.18. The van der Waals surface area contributed by atoms with Gasteiger partial charge in [0.2, 0.25) is 11.7 Å². The zero-order valence-electron chi connectivity index (χ0n) is 17.7. The Morgan fingerprint density at radius 1 is 0.903 bits per heavy atom. The zero-order valence-corrected chi connectivity index (χ0v) is 18.6. The van der Waals surface area contributed by atoms with Gasteiger partial charge in [0.1, 0.15) is 5.03 Å². The molecule has 4 aromatic rings. The van der Waals surface area contributed by atoms with Gasteiger partial charge in [-0.2, -0.15) is 4.98 Å². The number of hydrogen-bond donors (Lipinski definition) is 0. The van der Waals surface area contributed by atoms with Crippen molar-refractivity contribution in [2.75, 3.05) is 14.2 Å². The highest BCUT2D eigenvalue weighted by atomic mass is 32.2. The van der Waals surface area contributed by atoms with Crippen LogP contribution >= 0.6 is 11.8 Å². The Labute approximate surface area is 184 Å². The van der Waals surface area contributed by atoms with E-state index in [9.17, 15) is 0 Å². The van der Waals surface area contributed by atoms with Gasteiger partial charge in [-0.1, -0.05) is 52.8 Å². The molecule has 0 bridgehead atoms. The molecule has 2 aromatic heterocycles. The van der Waals surface area contributed by atoms with Gasteiger partial charge in [0.15, 0.2) is 17.3 Å². The van der Waals surface area contributed by atoms with Crippen LogP contribution in [-0.2, 0) is 5.75 Å². The van der Waals surface area contributed by atoms with Crippen molar-refractivity contribution in [2.45, 2.75) is 24.6 Å². The predicted molar refractivity (Wildman–Crippen MR) is 119 cm³/mol. The first-order valence-electron chi connectivity index (χ1n) is 9.67. The molecule has 0 saturated heterocycles. The number of nitrogens with zero attached hydrogens (tertiary/aromatic N) is 4. The second-order valence-electron chi connectivity index (χ2n) is 6.88. The fraction of sp³-hybridized carbons (Fsp3) is 0.217. The number of ether oxygens (including phenoxy) is 2. The van der Waals surface area contributed by atoms with Crippen molar-refractivity contribution in [1.82, 2.24) is 20.1 Å².